The van der Waals surface area contributed by atoms with E-state index in [4.69, 9.17) is 10.5 Å². The second-order valence-electron chi connectivity index (χ2n) is 6.82. The highest BCUT2D eigenvalue weighted by molar-refractivity contribution is 5.85. The maximum atomic E-state index is 12.2. The first-order valence-electron chi connectivity index (χ1n) is 8.58. The first-order valence-corrected chi connectivity index (χ1v) is 8.58. The molecule has 3 N–H and O–H groups in total. The summed E-state index contributed by atoms with van der Waals surface area (Å²) >= 11 is 0. The quantitative estimate of drug-likeness (QED) is 0.811. The summed E-state index contributed by atoms with van der Waals surface area (Å²) < 4.78 is 5.29. The Morgan fingerprint density at radius 1 is 1.32 bits per heavy atom. The number of nitrogens with two attached hydrogens (primary N) is 1. The molecule has 1 aromatic carbocycles. The highest BCUT2D eigenvalue weighted by Gasteiger charge is 2.29. The molecule has 0 bridgehead atoms. The van der Waals surface area contributed by atoms with Crippen LogP contribution < -0.4 is 20.7 Å². The Kier molecular flexibility index (Phi) is 8.83. The van der Waals surface area contributed by atoms with Gasteiger partial charge < -0.3 is 20.7 Å². The number of hydrogen-bond acceptors (Lipinski definition) is 4. The zero-order valence-corrected chi connectivity index (χ0v) is 16.3. The summed E-state index contributed by atoms with van der Waals surface area (Å²) in [7, 11) is 1.69. The van der Waals surface area contributed by atoms with Crippen LogP contribution >= 0.6 is 24.8 Å². The summed E-state index contributed by atoms with van der Waals surface area (Å²) in [6, 6.07) is 8.38. The van der Waals surface area contributed by atoms with Crippen LogP contribution in [-0.4, -0.2) is 38.7 Å². The van der Waals surface area contributed by atoms with Gasteiger partial charge in [-0.1, -0.05) is 6.07 Å². The molecule has 3 rings (SSSR count). The van der Waals surface area contributed by atoms with E-state index in [2.05, 4.69) is 22.3 Å². The molecular weight excluding hydrogens is 361 g/mol. The van der Waals surface area contributed by atoms with Crippen LogP contribution in [0.5, 0.6) is 5.75 Å². The number of methoxy groups -OCH3 is 1. The van der Waals surface area contributed by atoms with Crippen LogP contribution in [0.3, 0.4) is 0 Å². The van der Waals surface area contributed by atoms with Gasteiger partial charge >= 0.3 is 0 Å². The Morgan fingerprint density at radius 3 is 2.80 bits per heavy atom. The summed E-state index contributed by atoms with van der Waals surface area (Å²) in [4.78, 5) is 14.6. The van der Waals surface area contributed by atoms with Crippen molar-refractivity contribution >= 4 is 36.4 Å². The SMILES string of the molecule is COc1cccc(N2CCC(CNC(=O)C3CCC(N)C3)C2)c1.Cl.Cl. The van der Waals surface area contributed by atoms with E-state index >= 15 is 0 Å². The van der Waals surface area contributed by atoms with Gasteiger partial charge in [-0.05, 0) is 43.7 Å². The van der Waals surface area contributed by atoms with Crippen molar-refractivity contribution in [2.75, 3.05) is 31.6 Å². The number of carbonyl (C=O) groups is 1. The van der Waals surface area contributed by atoms with Gasteiger partial charge in [0.25, 0.3) is 0 Å². The van der Waals surface area contributed by atoms with E-state index in [0.717, 1.165) is 51.1 Å². The van der Waals surface area contributed by atoms with Crippen LogP contribution in [0.2, 0.25) is 0 Å². The highest BCUT2D eigenvalue weighted by Crippen LogP contribution is 2.27. The fourth-order valence-corrected chi connectivity index (χ4v) is 3.68. The van der Waals surface area contributed by atoms with Crippen molar-refractivity contribution in [1.82, 2.24) is 5.32 Å². The molecule has 2 fully saturated rings. The molecule has 1 heterocycles. The predicted octanol–water partition coefficient (Wildman–Crippen LogP) is 2.61. The molecule has 2 aliphatic rings. The average molecular weight is 390 g/mol. The second-order valence-corrected chi connectivity index (χ2v) is 6.82. The maximum Gasteiger partial charge on any atom is 0.223 e. The monoisotopic (exact) mass is 389 g/mol. The van der Waals surface area contributed by atoms with Crippen LogP contribution in [-0.2, 0) is 4.79 Å². The molecule has 142 valence electrons. The molecule has 1 aromatic rings. The standard InChI is InChI=1S/C18H27N3O2.2ClH/c1-23-17-4-2-3-16(10-17)21-8-7-13(12-21)11-20-18(22)14-5-6-15(19)9-14;;/h2-4,10,13-15H,5-9,11-12,19H2,1H3,(H,20,22);2*1H. The number of hydrogen-bond donors (Lipinski definition) is 2. The minimum Gasteiger partial charge on any atom is -0.497 e. The molecule has 1 aliphatic carbocycles. The first kappa shape index (κ1) is 21.9. The Labute approximate surface area is 162 Å². The van der Waals surface area contributed by atoms with Gasteiger partial charge in [-0.2, -0.15) is 0 Å². The van der Waals surface area contributed by atoms with E-state index in [0.29, 0.717) is 5.92 Å². The van der Waals surface area contributed by atoms with Crippen LogP contribution in [0.15, 0.2) is 24.3 Å². The fraction of sp³-hybridized carbons (Fsp3) is 0.611. The third-order valence-corrected chi connectivity index (χ3v) is 5.11. The largest absolute Gasteiger partial charge is 0.497 e. The lowest BCUT2D eigenvalue weighted by atomic mass is 10.1. The summed E-state index contributed by atoms with van der Waals surface area (Å²) in [5, 5.41) is 3.14. The number of benzene rings is 1. The van der Waals surface area contributed by atoms with Crippen molar-refractivity contribution in [2.45, 2.75) is 31.7 Å². The zero-order valence-electron chi connectivity index (χ0n) is 14.6. The van der Waals surface area contributed by atoms with E-state index in [1.165, 1.54) is 5.69 Å². The molecule has 3 unspecified atom stereocenters. The number of rotatable bonds is 5. The van der Waals surface area contributed by atoms with Crippen molar-refractivity contribution in [3.63, 3.8) is 0 Å². The van der Waals surface area contributed by atoms with E-state index in [-0.39, 0.29) is 42.7 Å². The number of carbonyl (C=O) groups excluding carboxylic acids is 1. The maximum absolute atomic E-state index is 12.2. The first-order chi connectivity index (χ1) is 11.2. The lowest BCUT2D eigenvalue weighted by Gasteiger charge is -2.20. The number of nitrogens with one attached hydrogen (secondary N) is 1. The molecular formula is C18H29Cl2N3O2. The number of ether oxygens (including phenoxy) is 1. The van der Waals surface area contributed by atoms with Crippen molar-refractivity contribution in [2.24, 2.45) is 17.6 Å². The van der Waals surface area contributed by atoms with Crippen molar-refractivity contribution < 1.29 is 9.53 Å². The minimum atomic E-state index is 0. The van der Waals surface area contributed by atoms with Gasteiger partial charge in [-0.15, -0.1) is 24.8 Å². The lowest BCUT2D eigenvalue weighted by molar-refractivity contribution is -0.125. The van der Waals surface area contributed by atoms with Crippen molar-refractivity contribution in [3.8, 4) is 5.75 Å². The van der Waals surface area contributed by atoms with Crippen LogP contribution in [0.25, 0.3) is 0 Å². The van der Waals surface area contributed by atoms with Gasteiger partial charge in [0, 0.05) is 43.3 Å². The van der Waals surface area contributed by atoms with Gasteiger partial charge in [0.15, 0.2) is 0 Å². The van der Waals surface area contributed by atoms with Crippen LogP contribution in [0.4, 0.5) is 5.69 Å². The summed E-state index contributed by atoms with van der Waals surface area (Å²) in [5.74, 6) is 1.72. The summed E-state index contributed by atoms with van der Waals surface area (Å²) in [6.07, 6.45) is 3.87. The predicted molar refractivity (Wildman–Crippen MR) is 106 cm³/mol. The molecule has 0 spiro atoms. The van der Waals surface area contributed by atoms with Gasteiger partial charge in [0.2, 0.25) is 5.91 Å². The van der Waals surface area contributed by atoms with Gasteiger partial charge in [-0.25, -0.2) is 0 Å². The van der Waals surface area contributed by atoms with Gasteiger partial charge in [-0.3, -0.25) is 4.79 Å². The van der Waals surface area contributed by atoms with Gasteiger partial charge in [0.05, 0.1) is 7.11 Å². The topological polar surface area (TPSA) is 67.6 Å². The lowest BCUT2D eigenvalue weighted by Crippen LogP contribution is -2.35. The Morgan fingerprint density at radius 2 is 2.12 bits per heavy atom. The van der Waals surface area contributed by atoms with E-state index in [1.54, 1.807) is 7.11 Å². The smallest absolute Gasteiger partial charge is 0.223 e. The minimum absolute atomic E-state index is 0. The van der Waals surface area contributed by atoms with E-state index in [9.17, 15) is 4.79 Å². The van der Waals surface area contributed by atoms with E-state index in [1.807, 2.05) is 12.1 Å². The molecule has 1 saturated heterocycles. The molecule has 1 saturated carbocycles. The number of anilines is 1. The summed E-state index contributed by atoms with van der Waals surface area (Å²) in [5.41, 5.74) is 7.08. The third-order valence-electron chi connectivity index (χ3n) is 5.11. The third kappa shape index (κ3) is 5.66. The number of amides is 1. The van der Waals surface area contributed by atoms with Crippen molar-refractivity contribution in [1.29, 1.82) is 0 Å². The number of nitrogens with zero attached hydrogens (tertiary/aromatic N) is 1. The Hall–Kier alpha value is -1.17. The molecule has 5 nitrogen and oxygen atoms in total. The summed E-state index contributed by atoms with van der Waals surface area (Å²) in [6.45, 7) is 2.78. The number of halogens is 2. The fourth-order valence-electron chi connectivity index (χ4n) is 3.68. The van der Waals surface area contributed by atoms with E-state index < -0.39 is 0 Å². The molecule has 0 aromatic heterocycles. The normalized spacial score (nSPS) is 25.0. The van der Waals surface area contributed by atoms with Gasteiger partial charge in [0.1, 0.15) is 5.75 Å². The second kappa shape index (κ2) is 10.1. The van der Waals surface area contributed by atoms with Crippen molar-refractivity contribution in [3.05, 3.63) is 24.3 Å². The zero-order chi connectivity index (χ0) is 16.2. The molecule has 1 amide bonds. The molecule has 25 heavy (non-hydrogen) atoms. The molecule has 1 aliphatic heterocycles. The molecule has 7 heteroatoms. The molecule has 0 radical (unpaired) electrons. The Bertz CT molecular complexity index is 559. The highest BCUT2D eigenvalue weighted by atomic mass is 35.5. The van der Waals surface area contributed by atoms with Crippen LogP contribution in [0.1, 0.15) is 25.7 Å². The van der Waals surface area contributed by atoms with Crippen LogP contribution in [0, 0.1) is 11.8 Å². The average Bonchev–Trinajstić information content (AvgIpc) is 3.22. The molecule has 3 atom stereocenters. The Balaban J connectivity index is 0.00000156.